The van der Waals surface area contributed by atoms with Crippen LogP contribution >= 0.6 is 7.82 Å². The van der Waals surface area contributed by atoms with Gasteiger partial charge in [0.1, 0.15) is 43.2 Å². The first-order valence-corrected chi connectivity index (χ1v) is 27.6. The zero-order chi connectivity index (χ0) is 47.8. The smallest absolute Gasteiger partial charge is 0.462 e. The van der Waals surface area contributed by atoms with Crippen LogP contribution in [0.25, 0.3) is 0 Å². The van der Waals surface area contributed by atoms with Crippen LogP contribution in [0.5, 0.6) is 0 Å². The van der Waals surface area contributed by atoms with Crippen molar-refractivity contribution < 1.29 is 63.1 Å². The van der Waals surface area contributed by atoms with E-state index in [0.717, 1.165) is 57.8 Å². The van der Waals surface area contributed by atoms with Gasteiger partial charge in [-0.15, -0.1) is 0 Å². The van der Waals surface area contributed by atoms with E-state index in [-0.39, 0.29) is 12.8 Å². The minimum absolute atomic E-state index is 0.0936. The maximum absolute atomic E-state index is 12.8. The summed E-state index contributed by atoms with van der Waals surface area (Å²) in [7, 11) is -5.12. The van der Waals surface area contributed by atoms with Crippen LogP contribution in [0.1, 0.15) is 232 Å². The fourth-order valence-corrected chi connectivity index (χ4v) is 9.02. The number of hydrogen-bond acceptors (Lipinski definition) is 12. The molecule has 1 aliphatic rings. The Labute approximate surface area is 394 Å². The fourth-order valence-electron chi connectivity index (χ4n) is 8.04. The van der Waals surface area contributed by atoms with Crippen molar-refractivity contribution >= 4 is 19.8 Å². The van der Waals surface area contributed by atoms with Gasteiger partial charge in [-0.1, -0.05) is 179 Å². The summed E-state index contributed by atoms with van der Waals surface area (Å²) in [5.41, 5.74) is 0. The quantitative estimate of drug-likeness (QED) is 0.0146. The summed E-state index contributed by atoms with van der Waals surface area (Å²) < 4.78 is 33.6. The standard InChI is InChI=1S/C51H95O13P/c1-3-5-7-9-11-13-15-17-19-21-22-24-25-27-29-31-33-35-37-39-44(52)61-41-43(42-62-65(59,60)64-51-49(57)47(55)46(54)48(56)50(51)58)63-45(53)40-38-36-34-32-30-28-26-23-20-18-16-14-12-10-8-6-4-2/h17-20,43,46-51,54-58H,3-16,21-42H2,1-2H3,(H,59,60)/b19-17+,20-18+/t43-,46?,47-,48?,49?,50?,51?/m0/s1. The minimum Gasteiger partial charge on any atom is -0.462 e. The van der Waals surface area contributed by atoms with Crippen LogP contribution < -0.4 is 0 Å². The summed E-state index contributed by atoms with van der Waals surface area (Å²) in [5, 5.41) is 50.3. The number of phosphoric ester groups is 1. The summed E-state index contributed by atoms with van der Waals surface area (Å²) in [6.45, 7) is 3.32. The van der Waals surface area contributed by atoms with E-state index in [1.165, 1.54) is 135 Å². The molecule has 0 saturated heterocycles. The molecule has 1 aliphatic carbocycles. The van der Waals surface area contributed by atoms with Gasteiger partial charge >= 0.3 is 19.8 Å². The Morgan fingerprint density at radius 2 is 0.785 bits per heavy atom. The zero-order valence-electron chi connectivity index (χ0n) is 40.8. The van der Waals surface area contributed by atoms with E-state index in [1.54, 1.807) is 0 Å². The molecule has 8 atom stereocenters. The maximum Gasteiger partial charge on any atom is 0.472 e. The van der Waals surface area contributed by atoms with E-state index in [4.69, 9.17) is 18.5 Å². The highest BCUT2D eigenvalue weighted by Crippen LogP contribution is 2.47. The lowest BCUT2D eigenvalue weighted by Gasteiger charge is -2.41. The lowest BCUT2D eigenvalue weighted by molar-refractivity contribution is -0.220. The molecule has 382 valence electrons. The van der Waals surface area contributed by atoms with Crippen molar-refractivity contribution in [1.82, 2.24) is 0 Å². The third-order valence-corrected chi connectivity index (χ3v) is 13.3. The number of aliphatic hydroxyl groups is 5. The Hall–Kier alpha value is -1.67. The summed E-state index contributed by atoms with van der Waals surface area (Å²) in [6.07, 6.45) is 33.6. The highest BCUT2D eigenvalue weighted by atomic mass is 31.2. The summed E-state index contributed by atoms with van der Waals surface area (Å²) in [6, 6.07) is 0. The zero-order valence-corrected chi connectivity index (χ0v) is 41.7. The normalized spacial score (nSPS) is 21.5. The molecular formula is C51H95O13P. The van der Waals surface area contributed by atoms with Crippen LogP contribution in [0.15, 0.2) is 24.3 Å². The van der Waals surface area contributed by atoms with Crippen molar-refractivity contribution in [2.75, 3.05) is 13.2 Å². The monoisotopic (exact) mass is 947 g/mol. The molecule has 0 heterocycles. The number of carbonyl (C=O) groups is 2. The largest absolute Gasteiger partial charge is 0.472 e. The molecule has 65 heavy (non-hydrogen) atoms. The molecule has 0 amide bonds. The lowest BCUT2D eigenvalue weighted by atomic mass is 9.85. The number of allylic oxidation sites excluding steroid dienone is 4. The SMILES string of the molecule is CCCCCCCC/C=C/CCCCCCCCCCCC(=O)OC[C@@H](COP(=O)(O)OC1C(O)C(O)C(O)[C@H](O)C1O)OC(=O)CCCCCCCCC/C=C/CCCCCCCC. The van der Waals surface area contributed by atoms with Crippen LogP contribution in [0.2, 0.25) is 0 Å². The van der Waals surface area contributed by atoms with Crippen molar-refractivity contribution in [3.63, 3.8) is 0 Å². The lowest BCUT2D eigenvalue weighted by Crippen LogP contribution is -2.64. The average molecular weight is 947 g/mol. The molecule has 0 aromatic carbocycles. The van der Waals surface area contributed by atoms with Crippen molar-refractivity contribution in [1.29, 1.82) is 0 Å². The number of carbonyl (C=O) groups excluding carboxylic acids is 2. The highest BCUT2D eigenvalue weighted by molar-refractivity contribution is 7.47. The van der Waals surface area contributed by atoms with Crippen LogP contribution in [0.3, 0.4) is 0 Å². The minimum atomic E-state index is -5.12. The molecule has 1 fully saturated rings. The fraction of sp³-hybridized carbons (Fsp3) is 0.882. The number of rotatable bonds is 44. The van der Waals surface area contributed by atoms with Gasteiger partial charge in [0.15, 0.2) is 6.10 Å². The Morgan fingerprint density at radius 3 is 1.17 bits per heavy atom. The predicted molar refractivity (Wildman–Crippen MR) is 258 cm³/mol. The number of phosphoric acid groups is 1. The highest BCUT2D eigenvalue weighted by Gasteiger charge is 2.51. The number of hydrogen-bond donors (Lipinski definition) is 6. The second kappa shape index (κ2) is 41.3. The molecule has 0 aromatic heterocycles. The maximum atomic E-state index is 12.8. The van der Waals surface area contributed by atoms with Gasteiger partial charge in [0, 0.05) is 12.8 Å². The van der Waals surface area contributed by atoms with Crippen molar-refractivity contribution in [2.24, 2.45) is 0 Å². The van der Waals surface area contributed by atoms with E-state index >= 15 is 0 Å². The first-order valence-electron chi connectivity index (χ1n) is 26.1. The molecule has 0 aromatic rings. The molecule has 1 saturated carbocycles. The number of esters is 2. The number of aliphatic hydroxyl groups excluding tert-OH is 5. The molecule has 13 nitrogen and oxygen atoms in total. The van der Waals surface area contributed by atoms with Gasteiger partial charge in [-0.3, -0.25) is 18.6 Å². The van der Waals surface area contributed by atoms with Gasteiger partial charge in [0.05, 0.1) is 6.61 Å². The third kappa shape index (κ3) is 33.5. The Kier molecular flexibility index (Phi) is 39.0. The topological polar surface area (TPSA) is 210 Å². The van der Waals surface area contributed by atoms with E-state index in [0.29, 0.717) is 12.8 Å². The Balaban J connectivity index is 2.39. The van der Waals surface area contributed by atoms with Gasteiger partial charge in [-0.05, 0) is 64.2 Å². The van der Waals surface area contributed by atoms with Gasteiger partial charge in [0.2, 0.25) is 0 Å². The number of unbranched alkanes of at least 4 members (excludes halogenated alkanes) is 28. The van der Waals surface area contributed by atoms with Crippen LogP contribution in [0, 0.1) is 0 Å². The molecule has 0 bridgehead atoms. The molecule has 6 N–H and O–H groups in total. The van der Waals surface area contributed by atoms with E-state index < -0.39 is 75.7 Å². The van der Waals surface area contributed by atoms with Crippen molar-refractivity contribution in [3.05, 3.63) is 24.3 Å². The summed E-state index contributed by atoms with van der Waals surface area (Å²) in [5.74, 6) is -1.10. The van der Waals surface area contributed by atoms with Crippen LogP contribution in [0.4, 0.5) is 0 Å². The van der Waals surface area contributed by atoms with E-state index in [9.17, 15) is 44.6 Å². The first-order chi connectivity index (χ1) is 31.4. The molecule has 6 unspecified atom stereocenters. The summed E-state index contributed by atoms with van der Waals surface area (Å²) >= 11 is 0. The molecule has 0 spiro atoms. The van der Waals surface area contributed by atoms with Crippen LogP contribution in [-0.2, 0) is 32.7 Å². The Morgan fingerprint density at radius 1 is 0.462 bits per heavy atom. The van der Waals surface area contributed by atoms with Crippen molar-refractivity contribution in [2.45, 2.75) is 275 Å². The number of ether oxygens (including phenoxy) is 2. The first kappa shape index (κ1) is 61.3. The summed E-state index contributed by atoms with van der Waals surface area (Å²) in [4.78, 5) is 35.8. The third-order valence-electron chi connectivity index (χ3n) is 12.3. The average Bonchev–Trinajstić information content (AvgIpc) is 3.29. The second-order valence-corrected chi connectivity index (χ2v) is 19.8. The second-order valence-electron chi connectivity index (χ2n) is 18.4. The van der Waals surface area contributed by atoms with Gasteiger partial charge in [-0.2, -0.15) is 0 Å². The predicted octanol–water partition coefficient (Wildman–Crippen LogP) is 11.2. The molecule has 1 rings (SSSR count). The molecule has 0 aliphatic heterocycles. The van der Waals surface area contributed by atoms with E-state index in [1.807, 2.05) is 0 Å². The van der Waals surface area contributed by atoms with Gasteiger partial charge < -0.3 is 39.9 Å². The van der Waals surface area contributed by atoms with E-state index in [2.05, 4.69) is 38.2 Å². The molecule has 14 heteroatoms. The van der Waals surface area contributed by atoms with Crippen molar-refractivity contribution in [3.8, 4) is 0 Å². The molecular weight excluding hydrogens is 852 g/mol. The van der Waals surface area contributed by atoms with Gasteiger partial charge in [0.25, 0.3) is 0 Å². The molecule has 0 radical (unpaired) electrons. The Bertz CT molecular complexity index is 1230. The van der Waals surface area contributed by atoms with Crippen LogP contribution in [-0.4, -0.2) is 98.3 Å². The van der Waals surface area contributed by atoms with Gasteiger partial charge in [-0.25, -0.2) is 4.57 Å².